The van der Waals surface area contributed by atoms with Gasteiger partial charge in [-0.05, 0) is 145 Å². The fourth-order valence-corrected chi connectivity index (χ4v) is 10.6. The number of ether oxygens (including phenoxy) is 4. The molecule has 2 amide bonds. The van der Waals surface area contributed by atoms with E-state index < -0.39 is 17.1 Å². The first-order valence-electron chi connectivity index (χ1n) is 27.4. The average Bonchev–Trinajstić information content (AvgIpc) is 4.29. The van der Waals surface area contributed by atoms with Crippen molar-refractivity contribution in [3.8, 4) is 57.7 Å². The Morgan fingerprint density at radius 2 is 1.23 bits per heavy atom. The smallest absolute Gasteiger partial charge is 0.264 e. The van der Waals surface area contributed by atoms with Crippen LogP contribution < -0.4 is 20.9 Å². The van der Waals surface area contributed by atoms with E-state index in [4.69, 9.17) is 50.6 Å². The summed E-state index contributed by atoms with van der Waals surface area (Å²) in [6.07, 6.45) is 7.53. The van der Waals surface area contributed by atoms with Crippen molar-refractivity contribution in [3.63, 3.8) is 0 Å². The molecule has 82 heavy (non-hydrogen) atoms. The highest BCUT2D eigenvalue weighted by Gasteiger charge is 2.35. The van der Waals surface area contributed by atoms with Crippen molar-refractivity contribution in [2.24, 2.45) is 0 Å². The number of hydrogen-bond donors (Lipinski definition) is 2. The molecular weight excluding hydrogens is 1040 g/mol. The lowest BCUT2D eigenvalue weighted by atomic mass is 10.0. The fourth-order valence-electron chi connectivity index (χ4n) is 10.6. The number of fused-ring (bicyclic) bond motifs is 2. The van der Waals surface area contributed by atoms with Crippen molar-refractivity contribution < 1.29 is 28.5 Å². The molecule has 0 bridgehead atoms. The summed E-state index contributed by atoms with van der Waals surface area (Å²) in [6.45, 7) is 11.0. The number of amides is 2. The van der Waals surface area contributed by atoms with E-state index in [-0.39, 0.29) is 66.9 Å². The van der Waals surface area contributed by atoms with Crippen LogP contribution in [-0.2, 0) is 32.0 Å². The van der Waals surface area contributed by atoms with Crippen molar-refractivity contribution in [3.05, 3.63) is 145 Å². The topological polar surface area (TPSA) is 264 Å². The minimum atomic E-state index is -1.08. The van der Waals surface area contributed by atoms with Crippen LogP contribution in [0.25, 0.3) is 44.6 Å². The van der Waals surface area contributed by atoms with E-state index in [1.807, 2.05) is 135 Å². The summed E-state index contributed by atoms with van der Waals surface area (Å²) in [5, 5.41) is 31.9. The maximum Gasteiger partial charge on any atom is 0.264 e. The van der Waals surface area contributed by atoms with Crippen LogP contribution in [0, 0.1) is 22.7 Å². The first kappa shape index (κ1) is 55.8. The second-order valence-corrected chi connectivity index (χ2v) is 21.3. The highest BCUT2D eigenvalue weighted by Crippen LogP contribution is 2.37. The number of piperidine rings is 1. The lowest BCUT2D eigenvalue weighted by Crippen LogP contribution is -2.42. The van der Waals surface area contributed by atoms with Crippen molar-refractivity contribution in [2.75, 3.05) is 44.3 Å². The van der Waals surface area contributed by atoms with Crippen LogP contribution in [0.5, 0.6) is 23.0 Å². The van der Waals surface area contributed by atoms with Gasteiger partial charge < -0.3 is 40.2 Å². The molecule has 10 rings (SSSR count). The molecule has 4 aromatic heterocycles. The molecule has 0 aliphatic carbocycles. The van der Waals surface area contributed by atoms with Gasteiger partial charge in [0.15, 0.2) is 11.3 Å². The molecule has 2 aliphatic rings. The van der Waals surface area contributed by atoms with Gasteiger partial charge in [-0.3, -0.25) is 9.59 Å². The summed E-state index contributed by atoms with van der Waals surface area (Å²) in [6, 6.07) is 37.7. The van der Waals surface area contributed by atoms with E-state index in [2.05, 4.69) is 22.1 Å². The molecule has 20 nitrogen and oxygen atoms in total. The number of anilines is 2. The molecule has 0 spiro atoms. The molecule has 2 fully saturated rings. The molecule has 8 aromatic rings. The molecule has 20 heteroatoms. The molecule has 4 N–H and O–H groups in total. The standard InChI is InChI=1S/C62H64N14O6/c1-6-79-61(2,3)34-43(36-64)60(78)74-31-14-15-44(74)38-75-58-52(53(71-75)40-21-25-48(26-22-40)81-46-17-9-7-10-18-46)56(66)69-50(70-58)29-32-80-62(4,5)33-42(35-63)59(77)73-30-13-16-45(37-73)76-57-51(55(65)67-39-68-57)54(72-76)41-23-27-49(28-24-41)82-47-19-11-8-12-20-47/h7-12,17-28,33-34,39,44-45H,6,13-16,29-32,37-38H2,1-5H3,(H2,65,67,68)(H2,66,69,70)/b42-33+,43-34+/t44-,45+/m1/s1. The number of carbonyl (C=O) groups excluding carboxylic acids is 2. The average molecular weight is 1100 g/mol. The Morgan fingerprint density at radius 3 is 1.84 bits per heavy atom. The van der Waals surface area contributed by atoms with Crippen molar-refractivity contribution in [1.29, 1.82) is 10.5 Å². The predicted molar refractivity (Wildman–Crippen MR) is 310 cm³/mol. The fraction of sp³-hybridized carbons (Fsp3) is 0.323. The normalized spacial score (nSPS) is 16.1. The second-order valence-electron chi connectivity index (χ2n) is 21.3. The summed E-state index contributed by atoms with van der Waals surface area (Å²) in [7, 11) is 0. The van der Waals surface area contributed by atoms with Gasteiger partial charge in [0, 0.05) is 43.8 Å². The van der Waals surface area contributed by atoms with Crippen LogP contribution in [0.2, 0.25) is 0 Å². The maximum atomic E-state index is 14.3. The highest BCUT2D eigenvalue weighted by molar-refractivity contribution is 6.00. The van der Waals surface area contributed by atoms with Crippen molar-refractivity contribution in [2.45, 2.75) is 96.6 Å². The minimum absolute atomic E-state index is 0.0113. The Balaban J connectivity index is 0.857. The summed E-state index contributed by atoms with van der Waals surface area (Å²) < 4.78 is 27.9. The van der Waals surface area contributed by atoms with Crippen LogP contribution >= 0.6 is 0 Å². The molecule has 6 heterocycles. The van der Waals surface area contributed by atoms with Crippen molar-refractivity contribution >= 4 is 45.5 Å². The number of hydrogen-bond acceptors (Lipinski definition) is 16. The van der Waals surface area contributed by atoms with Crippen LogP contribution in [0.4, 0.5) is 11.6 Å². The van der Waals surface area contributed by atoms with Gasteiger partial charge in [-0.1, -0.05) is 36.4 Å². The number of nitrogens with two attached hydrogens (primary N) is 2. The largest absolute Gasteiger partial charge is 0.457 e. The molecule has 0 unspecified atom stereocenters. The molecule has 2 atom stereocenters. The summed E-state index contributed by atoms with van der Waals surface area (Å²) in [4.78, 5) is 50.4. The Hall–Kier alpha value is -9.50. The Morgan fingerprint density at radius 1 is 0.671 bits per heavy atom. The Bertz CT molecular complexity index is 3770. The Labute approximate surface area is 475 Å². The van der Waals surface area contributed by atoms with Crippen LogP contribution in [-0.4, -0.2) is 111 Å². The SMILES string of the molecule is CCOC(C)(C)/C=C(\C#N)C(=O)N1CCC[C@@H]1Cn1nc(-c2ccc(Oc3ccccc3)cc2)c2c(N)nc(CCOC(C)(C)/C=C(\C#N)C(=O)N3CCC[C@H](n4nc(-c5ccc(Oc6ccccc6)cc5)c5c(N)ncnc54)C3)nc21. The molecule has 2 aliphatic heterocycles. The number of nitrogens with zero attached hydrogens (tertiary/aromatic N) is 12. The maximum absolute atomic E-state index is 14.3. The van der Waals surface area contributed by atoms with Gasteiger partial charge in [0.25, 0.3) is 11.8 Å². The van der Waals surface area contributed by atoms with Gasteiger partial charge in [0.1, 0.15) is 81.5 Å². The number of rotatable bonds is 19. The van der Waals surface area contributed by atoms with Crippen molar-refractivity contribution in [1.82, 2.24) is 49.3 Å². The van der Waals surface area contributed by atoms with Gasteiger partial charge in [-0.25, -0.2) is 29.3 Å². The third-order valence-electron chi connectivity index (χ3n) is 14.5. The number of carbonyl (C=O) groups is 2. The van der Waals surface area contributed by atoms with Gasteiger partial charge in [-0.2, -0.15) is 20.7 Å². The summed E-state index contributed by atoms with van der Waals surface area (Å²) in [5.74, 6) is 2.77. The van der Waals surface area contributed by atoms with E-state index in [9.17, 15) is 20.1 Å². The van der Waals surface area contributed by atoms with Crippen LogP contribution in [0.15, 0.2) is 139 Å². The highest BCUT2D eigenvalue weighted by atomic mass is 16.5. The zero-order valence-corrected chi connectivity index (χ0v) is 46.5. The Kier molecular flexibility index (Phi) is 16.4. The molecule has 2 saturated heterocycles. The van der Waals surface area contributed by atoms with Crippen LogP contribution in [0.1, 0.15) is 72.2 Å². The minimum Gasteiger partial charge on any atom is -0.457 e. The van der Waals surface area contributed by atoms with Gasteiger partial charge in [-0.15, -0.1) is 0 Å². The van der Waals surface area contributed by atoms with E-state index in [0.717, 1.165) is 23.3 Å². The van der Waals surface area contributed by atoms with E-state index in [1.165, 1.54) is 6.33 Å². The van der Waals surface area contributed by atoms with E-state index in [1.54, 1.807) is 40.5 Å². The molecule has 418 valence electrons. The van der Waals surface area contributed by atoms with E-state index in [0.29, 0.717) is 95.5 Å². The summed E-state index contributed by atoms with van der Waals surface area (Å²) >= 11 is 0. The predicted octanol–water partition coefficient (Wildman–Crippen LogP) is 9.96. The molecule has 0 radical (unpaired) electrons. The second kappa shape index (κ2) is 24.1. The van der Waals surface area contributed by atoms with Gasteiger partial charge >= 0.3 is 0 Å². The number of benzene rings is 4. The third-order valence-corrected chi connectivity index (χ3v) is 14.5. The summed E-state index contributed by atoms with van der Waals surface area (Å²) in [5.41, 5.74) is 15.1. The zero-order valence-electron chi connectivity index (χ0n) is 46.5. The number of para-hydroxylation sites is 2. The lowest BCUT2D eigenvalue weighted by molar-refractivity contribution is -0.129. The molecule has 0 saturated carbocycles. The lowest BCUT2D eigenvalue weighted by Gasteiger charge is -2.33. The van der Waals surface area contributed by atoms with Crippen LogP contribution in [0.3, 0.4) is 0 Å². The molecular formula is C62H64N14O6. The van der Waals surface area contributed by atoms with E-state index >= 15 is 0 Å². The number of aromatic nitrogens is 8. The quantitative estimate of drug-likeness (QED) is 0.0563. The van der Waals surface area contributed by atoms with Gasteiger partial charge in [0.2, 0.25) is 0 Å². The third kappa shape index (κ3) is 12.4. The molecule has 4 aromatic carbocycles. The zero-order chi connectivity index (χ0) is 57.5. The number of likely N-dealkylation sites (tertiary alicyclic amines) is 2. The first-order valence-corrected chi connectivity index (χ1v) is 27.4. The monoisotopic (exact) mass is 1100 g/mol. The van der Waals surface area contributed by atoms with Gasteiger partial charge in [0.05, 0.1) is 47.2 Å². The number of nitriles is 2. The number of nitrogen functional groups attached to an aromatic ring is 2. The first-order chi connectivity index (χ1) is 39.6.